The van der Waals surface area contributed by atoms with Crippen LogP contribution in [0, 0.1) is 6.92 Å². The van der Waals surface area contributed by atoms with Gasteiger partial charge in [-0.3, -0.25) is 9.59 Å². The highest BCUT2D eigenvalue weighted by molar-refractivity contribution is 6.35. The van der Waals surface area contributed by atoms with Crippen molar-refractivity contribution in [1.29, 1.82) is 0 Å². The minimum absolute atomic E-state index is 0.0220. The monoisotopic (exact) mass is 454 g/mol. The number of benzene rings is 1. The van der Waals surface area contributed by atoms with E-state index in [1.54, 1.807) is 0 Å². The van der Waals surface area contributed by atoms with Crippen LogP contribution in [0.3, 0.4) is 0 Å². The Balaban J connectivity index is 1.65. The summed E-state index contributed by atoms with van der Waals surface area (Å²) in [6.45, 7) is 1.17. The highest BCUT2D eigenvalue weighted by Gasteiger charge is 2.32. The van der Waals surface area contributed by atoms with Crippen LogP contribution in [-0.4, -0.2) is 26.9 Å². The molecule has 0 unspecified atom stereocenters. The average Bonchev–Trinajstić information content (AvgIpc) is 3.18. The van der Waals surface area contributed by atoms with Gasteiger partial charge in [0.15, 0.2) is 5.69 Å². The van der Waals surface area contributed by atoms with E-state index in [1.807, 2.05) is 0 Å². The summed E-state index contributed by atoms with van der Waals surface area (Å²) >= 11 is 5.87. The standard InChI is InChI=1S/C18H14ClF3N6O3/c1-8-2-3-9(4-11(8)18(20,21)22)27-16(29)12-5-10(28-31-12)6-24-17(30)14-13(19)15(23)26-7-25-14/h2-5,7H,6H2,1H3,(H,24,30)(H,27,29)(H2,23,25,26). The second-order valence-corrected chi connectivity index (χ2v) is 6.65. The van der Waals surface area contributed by atoms with Crippen molar-refractivity contribution in [3.8, 4) is 0 Å². The Morgan fingerprint density at radius 3 is 2.65 bits per heavy atom. The van der Waals surface area contributed by atoms with Crippen LogP contribution in [0.4, 0.5) is 24.7 Å². The molecular weight excluding hydrogens is 441 g/mol. The van der Waals surface area contributed by atoms with E-state index < -0.39 is 23.6 Å². The Kier molecular flexibility index (Phi) is 6.11. The minimum Gasteiger partial charge on any atom is -0.382 e. The number of carbonyl (C=O) groups excluding carboxylic acids is 2. The number of hydrogen-bond donors (Lipinski definition) is 3. The third-order valence-electron chi connectivity index (χ3n) is 4.05. The van der Waals surface area contributed by atoms with Crippen LogP contribution in [0.2, 0.25) is 5.02 Å². The number of hydrogen-bond acceptors (Lipinski definition) is 7. The number of rotatable bonds is 5. The zero-order valence-corrected chi connectivity index (χ0v) is 16.5. The number of anilines is 2. The van der Waals surface area contributed by atoms with E-state index in [-0.39, 0.29) is 45.8 Å². The Labute approximate surface area is 177 Å². The first kappa shape index (κ1) is 22.0. The molecule has 0 aliphatic rings. The molecule has 0 atom stereocenters. The fourth-order valence-electron chi connectivity index (χ4n) is 2.50. The molecule has 0 spiro atoms. The molecule has 0 aliphatic carbocycles. The molecule has 0 fully saturated rings. The fourth-order valence-corrected chi connectivity index (χ4v) is 2.68. The maximum absolute atomic E-state index is 13.0. The van der Waals surface area contributed by atoms with E-state index in [0.29, 0.717) is 0 Å². The number of halogens is 4. The third-order valence-corrected chi connectivity index (χ3v) is 4.42. The number of aromatic nitrogens is 3. The minimum atomic E-state index is -4.56. The number of nitrogens with zero attached hydrogens (tertiary/aromatic N) is 3. The van der Waals surface area contributed by atoms with E-state index in [0.717, 1.165) is 12.4 Å². The van der Waals surface area contributed by atoms with Crippen molar-refractivity contribution >= 4 is 34.9 Å². The maximum atomic E-state index is 13.0. The molecule has 3 aromatic rings. The van der Waals surface area contributed by atoms with Gasteiger partial charge in [-0.2, -0.15) is 13.2 Å². The number of amides is 2. The molecule has 162 valence electrons. The van der Waals surface area contributed by atoms with E-state index in [4.69, 9.17) is 21.9 Å². The molecule has 0 radical (unpaired) electrons. The van der Waals surface area contributed by atoms with Gasteiger partial charge in [-0.25, -0.2) is 9.97 Å². The van der Waals surface area contributed by atoms with Crippen molar-refractivity contribution in [1.82, 2.24) is 20.4 Å². The van der Waals surface area contributed by atoms with Gasteiger partial charge in [-0.1, -0.05) is 22.8 Å². The van der Waals surface area contributed by atoms with Crippen LogP contribution in [-0.2, 0) is 12.7 Å². The lowest BCUT2D eigenvalue weighted by molar-refractivity contribution is -0.138. The molecule has 31 heavy (non-hydrogen) atoms. The molecular formula is C18H14ClF3N6O3. The number of alkyl halides is 3. The SMILES string of the molecule is Cc1ccc(NC(=O)c2cc(CNC(=O)c3ncnc(N)c3Cl)no2)cc1C(F)(F)F. The molecule has 1 aromatic carbocycles. The predicted molar refractivity (Wildman–Crippen MR) is 103 cm³/mol. The topological polar surface area (TPSA) is 136 Å². The van der Waals surface area contributed by atoms with Crippen molar-refractivity contribution in [2.45, 2.75) is 19.6 Å². The van der Waals surface area contributed by atoms with Crippen LogP contribution >= 0.6 is 11.6 Å². The Morgan fingerprint density at radius 2 is 1.94 bits per heavy atom. The summed E-state index contributed by atoms with van der Waals surface area (Å²) in [5.74, 6) is -1.80. The van der Waals surface area contributed by atoms with Crippen LogP contribution in [0.25, 0.3) is 0 Å². The summed E-state index contributed by atoms with van der Waals surface area (Å²) in [6, 6.07) is 4.62. The summed E-state index contributed by atoms with van der Waals surface area (Å²) in [6.07, 6.45) is -3.48. The zero-order chi connectivity index (χ0) is 22.8. The van der Waals surface area contributed by atoms with Crippen molar-refractivity contribution in [2.24, 2.45) is 0 Å². The first-order valence-electron chi connectivity index (χ1n) is 8.55. The summed E-state index contributed by atoms with van der Waals surface area (Å²) in [5, 5.41) is 8.29. The highest BCUT2D eigenvalue weighted by Crippen LogP contribution is 2.33. The lowest BCUT2D eigenvalue weighted by Gasteiger charge is -2.12. The van der Waals surface area contributed by atoms with Gasteiger partial charge < -0.3 is 20.9 Å². The molecule has 4 N–H and O–H groups in total. The Hall–Kier alpha value is -3.67. The molecule has 0 bridgehead atoms. The Bertz CT molecular complexity index is 1150. The number of nitrogens with two attached hydrogens (primary N) is 1. The van der Waals surface area contributed by atoms with Crippen LogP contribution in [0.1, 0.15) is 37.9 Å². The first-order chi connectivity index (χ1) is 14.6. The molecule has 2 heterocycles. The average molecular weight is 455 g/mol. The van der Waals surface area contributed by atoms with E-state index in [9.17, 15) is 22.8 Å². The first-order valence-corrected chi connectivity index (χ1v) is 8.93. The summed E-state index contributed by atoms with van der Waals surface area (Å²) < 4.78 is 43.9. The molecule has 0 saturated heterocycles. The van der Waals surface area contributed by atoms with Crippen LogP contribution < -0.4 is 16.4 Å². The maximum Gasteiger partial charge on any atom is 0.416 e. The lowest BCUT2D eigenvalue weighted by atomic mass is 10.1. The van der Waals surface area contributed by atoms with E-state index >= 15 is 0 Å². The second kappa shape index (κ2) is 8.60. The molecule has 13 heteroatoms. The van der Waals surface area contributed by atoms with Crippen LogP contribution in [0.5, 0.6) is 0 Å². The van der Waals surface area contributed by atoms with Crippen LogP contribution in [0.15, 0.2) is 35.1 Å². The second-order valence-electron chi connectivity index (χ2n) is 6.27. The molecule has 3 rings (SSSR count). The van der Waals surface area contributed by atoms with Crippen molar-refractivity contribution in [3.63, 3.8) is 0 Å². The molecule has 2 amide bonds. The molecule has 0 aliphatic heterocycles. The summed E-state index contributed by atoms with van der Waals surface area (Å²) in [5.41, 5.74) is 4.64. The van der Waals surface area contributed by atoms with Gasteiger partial charge in [0, 0.05) is 11.8 Å². The number of carbonyl (C=O) groups is 2. The zero-order valence-electron chi connectivity index (χ0n) is 15.7. The van der Waals surface area contributed by atoms with E-state index in [2.05, 4.69) is 25.8 Å². The van der Waals surface area contributed by atoms with Gasteiger partial charge in [0.05, 0.1) is 12.1 Å². The summed E-state index contributed by atoms with van der Waals surface area (Å²) in [7, 11) is 0. The number of nitrogens with one attached hydrogen (secondary N) is 2. The van der Waals surface area contributed by atoms with Gasteiger partial charge in [-0.15, -0.1) is 0 Å². The Morgan fingerprint density at radius 1 is 1.19 bits per heavy atom. The molecule has 0 saturated carbocycles. The fraction of sp³-hybridized carbons (Fsp3) is 0.167. The quantitative estimate of drug-likeness (QED) is 0.538. The molecule has 2 aromatic heterocycles. The van der Waals surface area contributed by atoms with Gasteiger partial charge >= 0.3 is 6.18 Å². The van der Waals surface area contributed by atoms with Crippen molar-refractivity contribution in [2.75, 3.05) is 11.1 Å². The van der Waals surface area contributed by atoms with Gasteiger partial charge in [0.2, 0.25) is 5.76 Å². The molecule has 9 nitrogen and oxygen atoms in total. The normalized spacial score (nSPS) is 11.3. The third kappa shape index (κ3) is 5.09. The van der Waals surface area contributed by atoms with E-state index in [1.165, 1.54) is 25.1 Å². The smallest absolute Gasteiger partial charge is 0.382 e. The largest absolute Gasteiger partial charge is 0.416 e. The lowest BCUT2D eigenvalue weighted by Crippen LogP contribution is -2.24. The van der Waals surface area contributed by atoms with Gasteiger partial charge in [-0.05, 0) is 24.6 Å². The number of nitrogen functional groups attached to an aromatic ring is 1. The predicted octanol–water partition coefficient (Wildman–Crippen LogP) is 3.21. The van der Waals surface area contributed by atoms with Crippen molar-refractivity contribution in [3.05, 3.63) is 63.9 Å². The van der Waals surface area contributed by atoms with Gasteiger partial charge in [0.25, 0.3) is 11.8 Å². The highest BCUT2D eigenvalue weighted by atomic mass is 35.5. The summed E-state index contributed by atoms with van der Waals surface area (Å²) in [4.78, 5) is 31.8. The van der Waals surface area contributed by atoms with Gasteiger partial charge in [0.1, 0.15) is 22.9 Å². The number of aryl methyl sites for hydroxylation is 1. The van der Waals surface area contributed by atoms with Crippen molar-refractivity contribution < 1.29 is 27.3 Å².